The van der Waals surface area contributed by atoms with Crippen LogP contribution in [0, 0.1) is 5.92 Å². The Labute approximate surface area is 153 Å². The number of piperidine rings is 1. The third-order valence-corrected chi connectivity index (χ3v) is 4.73. The third-order valence-electron chi connectivity index (χ3n) is 4.73. The maximum Gasteiger partial charge on any atom is 0.319 e. The molecule has 2 amide bonds. The molecule has 7 heteroatoms. The number of likely N-dealkylation sites (tertiary alicyclic amines) is 1. The number of benzene rings is 1. The Balaban J connectivity index is 1.39. The van der Waals surface area contributed by atoms with E-state index in [2.05, 4.69) is 25.7 Å². The minimum atomic E-state index is -0.196. The van der Waals surface area contributed by atoms with Gasteiger partial charge in [0.05, 0.1) is 5.69 Å². The Morgan fingerprint density at radius 3 is 3.12 bits per heavy atom. The molecule has 2 aromatic rings. The van der Waals surface area contributed by atoms with Gasteiger partial charge in [0.1, 0.15) is 0 Å². The lowest BCUT2D eigenvalue weighted by atomic mass is 9.99. The van der Waals surface area contributed by atoms with E-state index in [9.17, 15) is 9.90 Å². The second-order valence-electron chi connectivity index (χ2n) is 6.78. The molecule has 0 bridgehead atoms. The summed E-state index contributed by atoms with van der Waals surface area (Å²) >= 11 is 0. The number of carbonyl (C=O) groups excluding carboxylic acids is 1. The summed E-state index contributed by atoms with van der Waals surface area (Å²) in [6.07, 6.45) is 4.87. The molecule has 140 valence electrons. The van der Waals surface area contributed by atoms with E-state index in [1.165, 1.54) is 0 Å². The highest BCUT2D eigenvalue weighted by Crippen LogP contribution is 2.20. The van der Waals surface area contributed by atoms with Gasteiger partial charge in [-0.25, -0.2) is 4.79 Å². The van der Waals surface area contributed by atoms with Gasteiger partial charge < -0.3 is 20.6 Å². The lowest BCUT2D eigenvalue weighted by Gasteiger charge is -2.31. The number of anilines is 1. The normalized spacial score (nSPS) is 17.8. The summed E-state index contributed by atoms with van der Waals surface area (Å²) in [6.45, 7) is 3.90. The van der Waals surface area contributed by atoms with Crippen molar-refractivity contribution >= 4 is 11.7 Å². The second-order valence-corrected chi connectivity index (χ2v) is 6.78. The highest BCUT2D eigenvalue weighted by molar-refractivity contribution is 5.89. The van der Waals surface area contributed by atoms with E-state index in [-0.39, 0.29) is 12.6 Å². The Bertz CT molecular complexity index is 689. The number of nitrogens with zero attached hydrogens (tertiary/aromatic N) is 2. The molecule has 1 aliphatic heterocycles. The zero-order valence-corrected chi connectivity index (χ0v) is 14.9. The average Bonchev–Trinajstić information content (AvgIpc) is 3.20. The Morgan fingerprint density at radius 1 is 1.38 bits per heavy atom. The zero-order chi connectivity index (χ0) is 18.2. The Hall–Kier alpha value is -2.38. The van der Waals surface area contributed by atoms with Crippen LogP contribution in [0.25, 0.3) is 11.3 Å². The van der Waals surface area contributed by atoms with Gasteiger partial charge in [-0.1, -0.05) is 12.1 Å². The molecule has 26 heavy (non-hydrogen) atoms. The van der Waals surface area contributed by atoms with Crippen LogP contribution in [0.3, 0.4) is 0 Å². The van der Waals surface area contributed by atoms with Crippen molar-refractivity contribution in [1.29, 1.82) is 0 Å². The van der Waals surface area contributed by atoms with E-state index < -0.39 is 0 Å². The number of carbonyl (C=O) groups is 1. The number of aromatic amines is 1. The van der Waals surface area contributed by atoms with Crippen LogP contribution in [0.15, 0.2) is 36.5 Å². The van der Waals surface area contributed by atoms with Gasteiger partial charge in [-0.05, 0) is 56.5 Å². The number of amides is 2. The van der Waals surface area contributed by atoms with Crippen LogP contribution < -0.4 is 10.6 Å². The van der Waals surface area contributed by atoms with Crippen molar-refractivity contribution in [2.75, 3.05) is 38.1 Å². The predicted octanol–water partition coefficient (Wildman–Crippen LogP) is 2.29. The smallest absolute Gasteiger partial charge is 0.319 e. The van der Waals surface area contributed by atoms with Crippen LogP contribution in [0.5, 0.6) is 0 Å². The molecular weight excluding hydrogens is 330 g/mol. The van der Waals surface area contributed by atoms with Gasteiger partial charge in [0.2, 0.25) is 0 Å². The molecule has 0 spiro atoms. The number of hydrogen-bond donors (Lipinski definition) is 4. The summed E-state index contributed by atoms with van der Waals surface area (Å²) in [5.74, 6) is 0.405. The minimum Gasteiger partial charge on any atom is -0.396 e. The van der Waals surface area contributed by atoms with Gasteiger partial charge in [0.15, 0.2) is 0 Å². The number of aliphatic hydroxyl groups is 1. The number of H-pyrrole nitrogens is 1. The van der Waals surface area contributed by atoms with E-state index in [4.69, 9.17) is 0 Å². The van der Waals surface area contributed by atoms with Crippen LogP contribution in [0.2, 0.25) is 0 Å². The maximum absolute atomic E-state index is 12.1. The van der Waals surface area contributed by atoms with Crippen molar-refractivity contribution in [2.24, 2.45) is 5.92 Å². The number of nitrogens with one attached hydrogen (secondary N) is 3. The molecule has 0 aliphatic carbocycles. The predicted molar refractivity (Wildman–Crippen MR) is 102 cm³/mol. The molecule has 1 aliphatic rings. The highest BCUT2D eigenvalue weighted by Gasteiger charge is 2.18. The molecule has 2 heterocycles. The molecule has 0 radical (unpaired) electrons. The first-order valence-electron chi connectivity index (χ1n) is 9.22. The summed E-state index contributed by atoms with van der Waals surface area (Å²) in [5, 5.41) is 21.9. The second kappa shape index (κ2) is 9.35. The van der Waals surface area contributed by atoms with E-state index >= 15 is 0 Å². The van der Waals surface area contributed by atoms with Crippen LogP contribution in [-0.4, -0.2) is 59.0 Å². The van der Waals surface area contributed by atoms with Crippen molar-refractivity contribution in [3.63, 3.8) is 0 Å². The van der Waals surface area contributed by atoms with Gasteiger partial charge in [0, 0.05) is 37.1 Å². The highest BCUT2D eigenvalue weighted by atomic mass is 16.3. The Kier molecular flexibility index (Phi) is 6.62. The molecular formula is C19H27N5O2. The quantitative estimate of drug-likeness (QED) is 0.572. The van der Waals surface area contributed by atoms with Gasteiger partial charge in [0.25, 0.3) is 0 Å². The van der Waals surface area contributed by atoms with Crippen molar-refractivity contribution in [3.8, 4) is 11.3 Å². The summed E-state index contributed by atoms with van der Waals surface area (Å²) in [7, 11) is 0. The van der Waals surface area contributed by atoms with E-state index in [0.29, 0.717) is 12.5 Å². The number of aliphatic hydroxyl groups excluding tert-OH is 1. The molecule has 1 fully saturated rings. The SMILES string of the molecule is O=C(NCCCN1CCC[C@H](CO)C1)Nc1cccc(-c2ccn[nH]2)c1. The molecule has 1 aromatic carbocycles. The fourth-order valence-electron chi connectivity index (χ4n) is 3.36. The van der Waals surface area contributed by atoms with E-state index in [1.54, 1.807) is 6.20 Å². The summed E-state index contributed by atoms with van der Waals surface area (Å²) in [6, 6.07) is 9.34. The topological polar surface area (TPSA) is 93.3 Å². The van der Waals surface area contributed by atoms with Crippen LogP contribution in [0.4, 0.5) is 10.5 Å². The monoisotopic (exact) mass is 357 g/mol. The average molecular weight is 357 g/mol. The van der Waals surface area contributed by atoms with E-state index in [0.717, 1.165) is 55.8 Å². The maximum atomic E-state index is 12.1. The fourth-order valence-corrected chi connectivity index (χ4v) is 3.36. The lowest BCUT2D eigenvalue weighted by Crippen LogP contribution is -2.38. The van der Waals surface area contributed by atoms with Crippen molar-refractivity contribution in [2.45, 2.75) is 19.3 Å². The first-order chi connectivity index (χ1) is 12.7. The molecule has 3 rings (SSSR count). The van der Waals surface area contributed by atoms with Crippen molar-refractivity contribution in [1.82, 2.24) is 20.4 Å². The summed E-state index contributed by atoms with van der Waals surface area (Å²) in [5.41, 5.74) is 2.64. The minimum absolute atomic E-state index is 0.196. The van der Waals surface area contributed by atoms with Crippen LogP contribution >= 0.6 is 0 Å². The van der Waals surface area contributed by atoms with Crippen LogP contribution in [-0.2, 0) is 0 Å². The molecule has 7 nitrogen and oxygen atoms in total. The number of urea groups is 1. The Morgan fingerprint density at radius 2 is 2.31 bits per heavy atom. The van der Waals surface area contributed by atoms with Gasteiger partial charge in [-0.3, -0.25) is 5.10 Å². The first-order valence-corrected chi connectivity index (χ1v) is 9.22. The number of hydrogen-bond acceptors (Lipinski definition) is 4. The molecule has 1 saturated heterocycles. The zero-order valence-electron chi connectivity index (χ0n) is 14.9. The molecule has 1 atom stereocenters. The third kappa shape index (κ3) is 5.31. The van der Waals surface area contributed by atoms with E-state index in [1.807, 2.05) is 30.3 Å². The first kappa shape index (κ1) is 18.4. The number of aromatic nitrogens is 2. The van der Waals surface area contributed by atoms with Crippen LogP contribution in [0.1, 0.15) is 19.3 Å². The van der Waals surface area contributed by atoms with Crippen molar-refractivity contribution in [3.05, 3.63) is 36.5 Å². The largest absolute Gasteiger partial charge is 0.396 e. The molecule has 0 unspecified atom stereocenters. The standard InChI is InChI=1S/C19H27N5O2/c25-14-15-4-2-10-24(13-15)11-3-8-20-19(26)22-17-6-1-5-16(12-17)18-7-9-21-23-18/h1,5-7,9,12,15,25H,2-4,8,10-11,13-14H2,(H,21,23)(H2,20,22,26)/t15-/m0/s1. The lowest BCUT2D eigenvalue weighted by molar-refractivity contribution is 0.120. The molecule has 4 N–H and O–H groups in total. The molecule has 0 saturated carbocycles. The van der Waals surface area contributed by atoms with Crippen molar-refractivity contribution < 1.29 is 9.90 Å². The summed E-state index contributed by atoms with van der Waals surface area (Å²) in [4.78, 5) is 14.4. The van der Waals surface area contributed by atoms with Gasteiger partial charge in [-0.2, -0.15) is 5.10 Å². The summed E-state index contributed by atoms with van der Waals surface area (Å²) < 4.78 is 0. The molecule has 1 aromatic heterocycles. The van der Waals surface area contributed by atoms with Gasteiger partial charge >= 0.3 is 6.03 Å². The number of rotatable bonds is 7. The van der Waals surface area contributed by atoms with Gasteiger partial charge in [-0.15, -0.1) is 0 Å². The fraction of sp³-hybridized carbons (Fsp3) is 0.474.